The van der Waals surface area contributed by atoms with Crippen molar-refractivity contribution in [3.8, 4) is 11.4 Å². The summed E-state index contributed by atoms with van der Waals surface area (Å²) in [6.07, 6.45) is 4.55. The lowest BCUT2D eigenvalue weighted by atomic mass is 10.1. The normalized spacial score (nSPS) is 14.1. The number of nitrogens with zero attached hydrogens (tertiary/aromatic N) is 6. The molecule has 3 amide bonds. The van der Waals surface area contributed by atoms with Crippen LogP contribution in [0.4, 0.5) is 0 Å². The number of likely N-dealkylation sites (N-methyl/N-ethyl adjacent to an activating group) is 1. The molecule has 0 aliphatic carbocycles. The lowest BCUT2D eigenvalue weighted by Gasteiger charge is -2.23. The highest BCUT2D eigenvalue weighted by atomic mass is 16.2. The maximum Gasteiger partial charge on any atom is 0.262 e. The van der Waals surface area contributed by atoms with E-state index in [-0.39, 0.29) is 24.3 Å². The summed E-state index contributed by atoms with van der Waals surface area (Å²) in [7, 11) is 1.53. The van der Waals surface area contributed by atoms with Crippen LogP contribution in [-0.2, 0) is 11.3 Å². The minimum atomic E-state index is -0.671. The first-order valence-electron chi connectivity index (χ1n) is 8.90. The monoisotopic (exact) mass is 391 g/mol. The van der Waals surface area contributed by atoms with Gasteiger partial charge < -0.3 is 5.32 Å². The number of amides is 3. The number of hydrogen-bond donors (Lipinski definition) is 1. The van der Waals surface area contributed by atoms with Gasteiger partial charge in [0.15, 0.2) is 0 Å². The Balaban J connectivity index is 1.68. The maximum absolute atomic E-state index is 12.8. The fourth-order valence-electron chi connectivity index (χ4n) is 3.24. The molecule has 1 unspecified atom stereocenters. The highest BCUT2D eigenvalue weighted by Gasteiger charge is 2.40. The van der Waals surface area contributed by atoms with Crippen molar-refractivity contribution in [2.45, 2.75) is 19.5 Å². The molecule has 1 atom stereocenters. The summed E-state index contributed by atoms with van der Waals surface area (Å²) in [6.45, 7) is 1.72. The second-order valence-electron chi connectivity index (χ2n) is 6.47. The Hall–Kier alpha value is -3.95. The summed E-state index contributed by atoms with van der Waals surface area (Å²) < 4.78 is 1.37. The average molecular weight is 391 g/mol. The van der Waals surface area contributed by atoms with E-state index in [9.17, 15) is 14.4 Å². The third-order valence-electron chi connectivity index (χ3n) is 4.70. The Morgan fingerprint density at radius 3 is 2.41 bits per heavy atom. The van der Waals surface area contributed by atoms with E-state index in [0.29, 0.717) is 28.2 Å². The van der Waals surface area contributed by atoms with Gasteiger partial charge in [0.25, 0.3) is 11.8 Å². The molecule has 0 spiro atoms. The maximum atomic E-state index is 12.8. The van der Waals surface area contributed by atoms with Crippen LogP contribution in [0.5, 0.6) is 0 Å². The molecule has 2 aromatic heterocycles. The number of benzene rings is 1. The van der Waals surface area contributed by atoms with Gasteiger partial charge in [-0.2, -0.15) is 0 Å². The van der Waals surface area contributed by atoms with Crippen LogP contribution in [0.1, 0.15) is 39.4 Å². The predicted molar refractivity (Wildman–Crippen MR) is 100 cm³/mol. The summed E-state index contributed by atoms with van der Waals surface area (Å²) >= 11 is 0. The quantitative estimate of drug-likeness (QED) is 0.639. The Bertz CT molecular complexity index is 1090. The van der Waals surface area contributed by atoms with Crippen LogP contribution in [0.15, 0.2) is 42.9 Å². The van der Waals surface area contributed by atoms with Gasteiger partial charge in [0, 0.05) is 19.4 Å². The molecule has 0 radical (unpaired) electrons. The molecule has 1 aliphatic rings. The van der Waals surface area contributed by atoms with Gasteiger partial charge >= 0.3 is 0 Å². The Labute approximate surface area is 165 Å². The van der Waals surface area contributed by atoms with Gasteiger partial charge in [-0.15, -0.1) is 5.10 Å². The van der Waals surface area contributed by atoms with Crippen LogP contribution in [0.25, 0.3) is 11.4 Å². The molecule has 4 rings (SSSR count). The van der Waals surface area contributed by atoms with E-state index >= 15 is 0 Å². The lowest BCUT2D eigenvalue weighted by molar-refractivity contribution is -0.121. The highest BCUT2D eigenvalue weighted by Crippen LogP contribution is 2.33. The molecule has 0 saturated heterocycles. The van der Waals surface area contributed by atoms with Crippen LogP contribution < -0.4 is 5.32 Å². The first kappa shape index (κ1) is 18.4. The SMILES string of the molecule is CNC(=O)Cn1cc(-c2nccnc2C(C)N2C(=O)c3ccccc3C2=O)nn1. The third-order valence-corrected chi connectivity index (χ3v) is 4.70. The number of imide groups is 1. The zero-order valence-corrected chi connectivity index (χ0v) is 15.7. The van der Waals surface area contributed by atoms with Crippen molar-refractivity contribution in [2.75, 3.05) is 7.05 Å². The topological polar surface area (TPSA) is 123 Å². The van der Waals surface area contributed by atoms with Crippen molar-refractivity contribution >= 4 is 17.7 Å². The number of carbonyl (C=O) groups is 3. The van der Waals surface area contributed by atoms with Gasteiger partial charge in [-0.05, 0) is 19.1 Å². The largest absolute Gasteiger partial charge is 0.358 e. The Morgan fingerprint density at radius 1 is 1.10 bits per heavy atom. The highest BCUT2D eigenvalue weighted by molar-refractivity contribution is 6.21. The Kier molecular flexibility index (Phi) is 4.59. The first-order valence-corrected chi connectivity index (χ1v) is 8.90. The fourth-order valence-corrected chi connectivity index (χ4v) is 3.24. The van der Waals surface area contributed by atoms with Gasteiger partial charge in [-0.3, -0.25) is 29.3 Å². The molecular formula is C19H17N7O3. The van der Waals surface area contributed by atoms with Crippen LogP contribution in [0, 0.1) is 0 Å². The number of rotatable bonds is 5. The first-order chi connectivity index (χ1) is 14.0. The number of carbonyl (C=O) groups excluding carboxylic acids is 3. The summed E-state index contributed by atoms with van der Waals surface area (Å²) in [5.41, 5.74) is 1.92. The molecule has 1 aromatic carbocycles. The van der Waals surface area contributed by atoms with Crippen molar-refractivity contribution in [1.29, 1.82) is 0 Å². The van der Waals surface area contributed by atoms with Crippen molar-refractivity contribution in [3.63, 3.8) is 0 Å². The number of fused-ring (bicyclic) bond motifs is 1. The van der Waals surface area contributed by atoms with Crippen molar-refractivity contribution in [3.05, 3.63) is 59.7 Å². The molecule has 146 valence electrons. The summed E-state index contributed by atoms with van der Waals surface area (Å²) in [4.78, 5) is 47.0. The van der Waals surface area contributed by atoms with Crippen LogP contribution in [-0.4, -0.2) is 54.6 Å². The zero-order chi connectivity index (χ0) is 20.5. The van der Waals surface area contributed by atoms with Crippen molar-refractivity contribution in [2.24, 2.45) is 0 Å². The minimum Gasteiger partial charge on any atom is -0.358 e. The van der Waals surface area contributed by atoms with Gasteiger partial charge in [-0.25, -0.2) is 4.68 Å². The molecule has 3 heterocycles. The molecular weight excluding hydrogens is 374 g/mol. The van der Waals surface area contributed by atoms with Gasteiger partial charge in [-0.1, -0.05) is 17.3 Å². The molecule has 10 heteroatoms. The summed E-state index contributed by atoms with van der Waals surface area (Å²) in [5, 5.41) is 10.5. The van der Waals surface area contributed by atoms with Gasteiger partial charge in [0.05, 0.1) is 29.1 Å². The van der Waals surface area contributed by atoms with E-state index in [4.69, 9.17) is 0 Å². The van der Waals surface area contributed by atoms with Crippen LogP contribution in [0.2, 0.25) is 0 Å². The molecule has 0 fully saturated rings. The molecule has 3 aromatic rings. The van der Waals surface area contributed by atoms with Gasteiger partial charge in [0.2, 0.25) is 5.91 Å². The summed E-state index contributed by atoms with van der Waals surface area (Å²) in [6, 6.07) is 6.03. The number of nitrogens with one attached hydrogen (secondary N) is 1. The minimum absolute atomic E-state index is 0.00700. The van der Waals surface area contributed by atoms with E-state index in [1.54, 1.807) is 37.4 Å². The number of aromatic nitrogens is 5. The summed E-state index contributed by atoms with van der Waals surface area (Å²) in [5.74, 6) is -0.976. The average Bonchev–Trinajstić information content (AvgIpc) is 3.30. The van der Waals surface area contributed by atoms with E-state index in [1.807, 2.05) is 0 Å². The van der Waals surface area contributed by atoms with Crippen molar-refractivity contribution < 1.29 is 14.4 Å². The Morgan fingerprint density at radius 2 is 1.76 bits per heavy atom. The lowest BCUT2D eigenvalue weighted by Crippen LogP contribution is -2.33. The van der Waals surface area contributed by atoms with Gasteiger partial charge in [0.1, 0.15) is 17.9 Å². The molecule has 0 saturated carbocycles. The number of hydrogen-bond acceptors (Lipinski definition) is 7. The van der Waals surface area contributed by atoms with E-state index in [2.05, 4.69) is 25.6 Å². The second-order valence-corrected chi connectivity index (χ2v) is 6.47. The molecule has 29 heavy (non-hydrogen) atoms. The standard InChI is InChI=1S/C19H17N7O3/c1-11(26-18(28)12-5-3-4-6-13(12)19(26)29)16-17(22-8-7-21-16)14-9-25(24-23-14)10-15(27)20-2/h3-9,11H,10H2,1-2H3,(H,20,27). The zero-order valence-electron chi connectivity index (χ0n) is 15.7. The van der Waals surface area contributed by atoms with Crippen LogP contribution in [0.3, 0.4) is 0 Å². The van der Waals surface area contributed by atoms with E-state index < -0.39 is 6.04 Å². The second kappa shape index (κ2) is 7.23. The van der Waals surface area contributed by atoms with Crippen LogP contribution >= 0.6 is 0 Å². The third kappa shape index (κ3) is 3.14. The fraction of sp³-hybridized carbons (Fsp3) is 0.211. The molecule has 10 nitrogen and oxygen atoms in total. The smallest absolute Gasteiger partial charge is 0.262 e. The van der Waals surface area contributed by atoms with Crippen molar-refractivity contribution in [1.82, 2.24) is 35.2 Å². The predicted octanol–water partition coefficient (Wildman–Crippen LogP) is 0.838. The molecule has 0 bridgehead atoms. The van der Waals surface area contributed by atoms with E-state index in [1.165, 1.54) is 29.0 Å². The molecule has 1 N–H and O–H groups in total. The van der Waals surface area contributed by atoms with E-state index in [0.717, 1.165) is 0 Å². The molecule has 1 aliphatic heterocycles.